The Hall–Kier alpha value is -5.04. The zero-order valence-electron chi connectivity index (χ0n) is 26.0. The van der Waals surface area contributed by atoms with Crippen LogP contribution in [0.4, 0.5) is 11.4 Å². The van der Waals surface area contributed by atoms with Crippen LogP contribution in [0.25, 0.3) is 11.4 Å². The molecule has 0 atom stereocenters. The molecule has 6 rings (SSSR count). The lowest BCUT2D eigenvalue weighted by Gasteiger charge is -2.10. The van der Waals surface area contributed by atoms with Gasteiger partial charge in [0.05, 0.1) is 11.1 Å². The number of hydrogen-bond donors (Lipinski definition) is 2. The van der Waals surface area contributed by atoms with Gasteiger partial charge in [-0.3, -0.25) is 9.59 Å². The van der Waals surface area contributed by atoms with Crippen molar-refractivity contribution in [2.75, 3.05) is 10.6 Å². The summed E-state index contributed by atoms with van der Waals surface area (Å²) in [4.78, 5) is 25.1. The summed E-state index contributed by atoms with van der Waals surface area (Å²) < 4.78 is 4.10. The molecule has 4 aromatic carbocycles. The minimum Gasteiger partial charge on any atom is -0.322 e. The van der Waals surface area contributed by atoms with Crippen molar-refractivity contribution in [2.24, 2.45) is 0 Å². The molecule has 0 saturated heterocycles. The van der Waals surface area contributed by atoms with Gasteiger partial charge >= 0.3 is 0 Å². The van der Waals surface area contributed by atoms with Crippen molar-refractivity contribution in [3.63, 3.8) is 0 Å². The molecular formula is C38H34Cl2N4O2. The number of halogens is 2. The lowest BCUT2D eigenvalue weighted by molar-refractivity contribution is 0.101. The standard InChI is InChI=1S/2C19H17ClN2O/c2*1-13-12-18(19(23)21-16-6-4-3-5-7-16)14(2)22(13)17-10-8-15(20)9-11-17/h2*3-12H,1-2H3,(H,21,23). The van der Waals surface area contributed by atoms with Crippen LogP contribution in [0.2, 0.25) is 10.0 Å². The highest BCUT2D eigenvalue weighted by molar-refractivity contribution is 6.30. The highest BCUT2D eigenvalue weighted by atomic mass is 35.5. The first-order valence-electron chi connectivity index (χ1n) is 14.7. The van der Waals surface area contributed by atoms with Gasteiger partial charge in [0.1, 0.15) is 0 Å². The van der Waals surface area contributed by atoms with Gasteiger partial charge in [-0.25, -0.2) is 0 Å². The van der Waals surface area contributed by atoms with E-state index in [4.69, 9.17) is 23.2 Å². The second-order valence-corrected chi connectivity index (χ2v) is 11.7. The van der Waals surface area contributed by atoms with E-state index < -0.39 is 0 Å². The fraction of sp³-hybridized carbons (Fsp3) is 0.105. The number of para-hydroxylation sites is 2. The summed E-state index contributed by atoms with van der Waals surface area (Å²) in [5.41, 5.74) is 8.69. The summed E-state index contributed by atoms with van der Waals surface area (Å²) in [6.07, 6.45) is 0. The molecule has 6 aromatic rings. The first-order valence-corrected chi connectivity index (χ1v) is 15.5. The van der Waals surface area contributed by atoms with Crippen molar-refractivity contribution >= 4 is 46.4 Å². The van der Waals surface area contributed by atoms with Crippen LogP contribution in [0.5, 0.6) is 0 Å². The highest BCUT2D eigenvalue weighted by Crippen LogP contribution is 2.24. The van der Waals surface area contributed by atoms with Crippen LogP contribution < -0.4 is 10.6 Å². The molecule has 232 valence electrons. The number of aromatic nitrogens is 2. The number of hydrogen-bond acceptors (Lipinski definition) is 2. The zero-order chi connectivity index (χ0) is 32.8. The lowest BCUT2D eigenvalue weighted by atomic mass is 10.2. The molecule has 0 aliphatic heterocycles. The van der Waals surface area contributed by atoms with Gasteiger partial charge in [0, 0.05) is 55.6 Å². The predicted octanol–water partition coefficient (Wildman–Crippen LogP) is 10.00. The second-order valence-electron chi connectivity index (χ2n) is 10.8. The second kappa shape index (κ2) is 14.4. The largest absolute Gasteiger partial charge is 0.322 e. The maximum atomic E-state index is 12.5. The zero-order valence-corrected chi connectivity index (χ0v) is 27.5. The van der Waals surface area contributed by atoms with Crippen molar-refractivity contribution < 1.29 is 9.59 Å². The minimum atomic E-state index is -0.107. The van der Waals surface area contributed by atoms with Crippen molar-refractivity contribution in [3.05, 3.63) is 165 Å². The normalized spacial score (nSPS) is 10.6. The molecule has 46 heavy (non-hydrogen) atoms. The van der Waals surface area contributed by atoms with Crippen LogP contribution in [-0.4, -0.2) is 20.9 Å². The van der Waals surface area contributed by atoms with E-state index in [1.165, 1.54) is 0 Å². The van der Waals surface area contributed by atoms with Crippen molar-refractivity contribution in [3.8, 4) is 11.4 Å². The quantitative estimate of drug-likeness (QED) is 0.189. The van der Waals surface area contributed by atoms with Gasteiger partial charge in [-0.1, -0.05) is 59.6 Å². The monoisotopic (exact) mass is 648 g/mol. The third-order valence-corrected chi connectivity index (χ3v) is 8.09. The van der Waals surface area contributed by atoms with Gasteiger partial charge in [-0.2, -0.15) is 0 Å². The Kier molecular flexibility index (Phi) is 10.1. The Bertz CT molecular complexity index is 1820. The summed E-state index contributed by atoms with van der Waals surface area (Å²) in [7, 11) is 0. The van der Waals surface area contributed by atoms with Gasteiger partial charge in [0.25, 0.3) is 11.8 Å². The molecule has 8 heteroatoms. The summed E-state index contributed by atoms with van der Waals surface area (Å²) in [5, 5.41) is 7.24. The maximum Gasteiger partial charge on any atom is 0.257 e. The third-order valence-electron chi connectivity index (χ3n) is 7.58. The fourth-order valence-corrected chi connectivity index (χ4v) is 5.65. The van der Waals surface area contributed by atoms with Crippen LogP contribution in [0.1, 0.15) is 43.5 Å². The van der Waals surface area contributed by atoms with E-state index in [1.54, 1.807) is 0 Å². The molecule has 2 heterocycles. The van der Waals surface area contributed by atoms with E-state index in [-0.39, 0.29) is 11.8 Å². The number of amides is 2. The molecule has 2 amide bonds. The molecule has 2 N–H and O–H groups in total. The number of nitrogens with zero attached hydrogens (tertiary/aromatic N) is 2. The molecule has 0 spiro atoms. The van der Waals surface area contributed by atoms with Gasteiger partial charge in [-0.15, -0.1) is 0 Å². The van der Waals surface area contributed by atoms with E-state index in [2.05, 4.69) is 19.8 Å². The van der Waals surface area contributed by atoms with Crippen LogP contribution in [0, 0.1) is 27.7 Å². The molecule has 0 unspecified atom stereocenters. The van der Waals surface area contributed by atoms with E-state index in [0.717, 1.165) is 45.5 Å². The maximum absolute atomic E-state index is 12.5. The van der Waals surface area contributed by atoms with Crippen molar-refractivity contribution in [1.82, 2.24) is 9.13 Å². The predicted molar refractivity (Wildman–Crippen MR) is 189 cm³/mol. The number of nitrogens with one attached hydrogen (secondary N) is 2. The Morgan fingerprint density at radius 3 is 1.15 bits per heavy atom. The molecule has 0 bridgehead atoms. The summed E-state index contributed by atoms with van der Waals surface area (Å²) >= 11 is 11.9. The highest BCUT2D eigenvalue weighted by Gasteiger charge is 2.18. The molecule has 0 aliphatic carbocycles. The number of carbonyl (C=O) groups excluding carboxylic acids is 2. The number of benzene rings is 4. The summed E-state index contributed by atoms with van der Waals surface area (Å²) in [6, 6.07) is 37.9. The molecule has 0 radical (unpaired) electrons. The Morgan fingerprint density at radius 2 is 0.826 bits per heavy atom. The average Bonchev–Trinajstić information content (AvgIpc) is 3.52. The topological polar surface area (TPSA) is 68.1 Å². The summed E-state index contributed by atoms with van der Waals surface area (Å²) in [6.45, 7) is 7.87. The van der Waals surface area contributed by atoms with E-state index in [9.17, 15) is 9.59 Å². The van der Waals surface area contributed by atoms with Crippen molar-refractivity contribution in [1.29, 1.82) is 0 Å². The minimum absolute atomic E-state index is 0.107. The number of carbonyl (C=O) groups is 2. The fourth-order valence-electron chi connectivity index (χ4n) is 5.40. The van der Waals surface area contributed by atoms with Gasteiger partial charge in [0.15, 0.2) is 0 Å². The molecule has 0 saturated carbocycles. The van der Waals surface area contributed by atoms with Crippen LogP contribution in [0.15, 0.2) is 121 Å². The Labute approximate surface area is 279 Å². The third kappa shape index (κ3) is 7.42. The molecule has 6 nitrogen and oxygen atoms in total. The molecule has 0 fully saturated rings. The van der Waals surface area contributed by atoms with E-state index >= 15 is 0 Å². The van der Waals surface area contributed by atoms with Gasteiger partial charge in [-0.05, 0) is 113 Å². The van der Waals surface area contributed by atoms with Crippen LogP contribution >= 0.6 is 23.2 Å². The van der Waals surface area contributed by atoms with Crippen molar-refractivity contribution in [2.45, 2.75) is 27.7 Å². The number of aryl methyl sites for hydroxylation is 2. The first-order chi connectivity index (χ1) is 22.1. The number of anilines is 2. The van der Waals surface area contributed by atoms with E-state index in [0.29, 0.717) is 21.2 Å². The Balaban J connectivity index is 0.000000181. The molecule has 0 aliphatic rings. The molecule has 2 aromatic heterocycles. The van der Waals surface area contributed by atoms with E-state index in [1.807, 2.05) is 149 Å². The number of rotatable bonds is 6. The molecular weight excluding hydrogens is 615 g/mol. The first kappa shape index (κ1) is 32.4. The van der Waals surface area contributed by atoms with Crippen LogP contribution in [0.3, 0.4) is 0 Å². The smallest absolute Gasteiger partial charge is 0.257 e. The average molecular weight is 650 g/mol. The lowest BCUT2D eigenvalue weighted by Crippen LogP contribution is -2.13. The van der Waals surface area contributed by atoms with Gasteiger partial charge < -0.3 is 19.8 Å². The SMILES string of the molecule is Cc1cc(C(=O)Nc2ccccc2)c(C)n1-c1ccc(Cl)cc1.Cc1cc(C(=O)Nc2ccccc2)c(C)n1-c1ccc(Cl)cc1. The van der Waals surface area contributed by atoms with Gasteiger partial charge in [0.2, 0.25) is 0 Å². The Morgan fingerprint density at radius 1 is 0.500 bits per heavy atom. The van der Waals surface area contributed by atoms with Crippen LogP contribution in [-0.2, 0) is 0 Å². The summed E-state index contributed by atoms with van der Waals surface area (Å²) in [5.74, 6) is -0.214.